The van der Waals surface area contributed by atoms with Gasteiger partial charge in [-0.05, 0) is 44.9 Å². The van der Waals surface area contributed by atoms with Gasteiger partial charge >= 0.3 is 0 Å². The lowest BCUT2D eigenvalue weighted by molar-refractivity contribution is -0.144. The first-order valence-corrected chi connectivity index (χ1v) is 13.1. The average Bonchev–Trinajstić information content (AvgIpc) is 2.84. The number of hydrogen-bond donors (Lipinski definition) is 0. The molecule has 8 nitrogen and oxygen atoms in total. The summed E-state index contributed by atoms with van der Waals surface area (Å²) in [7, 11) is -1.51. The van der Waals surface area contributed by atoms with E-state index in [1.165, 1.54) is 4.31 Å². The SMILES string of the molecule is CN1CCN(C(=O)C2CCN(C(=O)C3CCCN(S(=O)(=O)c4ccccc4)C3)CC2)CC1. The smallest absolute Gasteiger partial charge is 0.243 e. The van der Waals surface area contributed by atoms with Gasteiger partial charge in [-0.1, -0.05) is 18.2 Å². The summed E-state index contributed by atoms with van der Waals surface area (Å²) in [5, 5.41) is 0. The van der Waals surface area contributed by atoms with Crippen molar-refractivity contribution in [3.63, 3.8) is 0 Å². The minimum Gasteiger partial charge on any atom is -0.342 e. The van der Waals surface area contributed by atoms with E-state index in [0.29, 0.717) is 45.3 Å². The molecule has 0 spiro atoms. The van der Waals surface area contributed by atoms with Crippen molar-refractivity contribution in [1.29, 1.82) is 0 Å². The summed E-state index contributed by atoms with van der Waals surface area (Å²) in [5.74, 6) is -0.0673. The van der Waals surface area contributed by atoms with Crippen molar-refractivity contribution in [3.8, 4) is 0 Å². The Bertz CT molecular complexity index is 907. The number of piperidine rings is 2. The number of amides is 2. The third-order valence-electron chi connectivity index (χ3n) is 7.09. The summed E-state index contributed by atoms with van der Waals surface area (Å²) in [6.45, 7) is 5.21. The molecule has 0 saturated carbocycles. The fourth-order valence-electron chi connectivity index (χ4n) is 4.99. The Morgan fingerprint density at radius 2 is 1.38 bits per heavy atom. The summed E-state index contributed by atoms with van der Waals surface area (Å²) in [6.07, 6.45) is 2.77. The van der Waals surface area contributed by atoms with E-state index in [2.05, 4.69) is 11.9 Å². The number of likely N-dealkylation sites (N-methyl/N-ethyl adjacent to an activating group) is 1. The molecule has 3 fully saturated rings. The van der Waals surface area contributed by atoms with E-state index < -0.39 is 10.0 Å². The van der Waals surface area contributed by atoms with Crippen LogP contribution in [0.4, 0.5) is 0 Å². The average molecular weight is 463 g/mol. The van der Waals surface area contributed by atoms with E-state index in [-0.39, 0.29) is 35.1 Å². The molecular formula is C23H34N4O4S. The minimum absolute atomic E-state index is 0.0104. The fraction of sp³-hybridized carbons (Fsp3) is 0.652. The second-order valence-corrected chi connectivity index (χ2v) is 11.2. The predicted molar refractivity (Wildman–Crippen MR) is 121 cm³/mol. The molecule has 0 aromatic heterocycles. The highest BCUT2D eigenvalue weighted by molar-refractivity contribution is 7.89. The number of sulfonamides is 1. The fourth-order valence-corrected chi connectivity index (χ4v) is 6.54. The number of benzene rings is 1. The van der Waals surface area contributed by atoms with E-state index in [1.54, 1.807) is 30.3 Å². The molecule has 0 N–H and O–H groups in total. The van der Waals surface area contributed by atoms with Crippen molar-refractivity contribution in [2.75, 3.05) is 59.4 Å². The Kier molecular flexibility index (Phi) is 7.17. The molecule has 1 atom stereocenters. The van der Waals surface area contributed by atoms with E-state index in [1.807, 2.05) is 9.80 Å². The molecule has 32 heavy (non-hydrogen) atoms. The lowest BCUT2D eigenvalue weighted by Crippen LogP contribution is -2.52. The second-order valence-electron chi connectivity index (χ2n) is 9.24. The van der Waals surface area contributed by atoms with Crippen LogP contribution in [0.25, 0.3) is 0 Å². The summed E-state index contributed by atoms with van der Waals surface area (Å²) in [5.41, 5.74) is 0. The van der Waals surface area contributed by atoms with Gasteiger partial charge in [-0.3, -0.25) is 9.59 Å². The highest BCUT2D eigenvalue weighted by atomic mass is 32.2. The maximum Gasteiger partial charge on any atom is 0.243 e. The first-order chi connectivity index (χ1) is 15.4. The Hall–Kier alpha value is -1.97. The van der Waals surface area contributed by atoms with Crippen LogP contribution in [0.3, 0.4) is 0 Å². The molecule has 2 amide bonds. The van der Waals surface area contributed by atoms with Gasteiger partial charge in [-0.25, -0.2) is 8.42 Å². The molecule has 1 unspecified atom stereocenters. The Morgan fingerprint density at radius 3 is 2.03 bits per heavy atom. The molecule has 1 aromatic carbocycles. The van der Waals surface area contributed by atoms with Crippen molar-refractivity contribution in [3.05, 3.63) is 30.3 Å². The Morgan fingerprint density at radius 1 is 0.781 bits per heavy atom. The quantitative estimate of drug-likeness (QED) is 0.669. The third-order valence-corrected chi connectivity index (χ3v) is 8.96. The van der Waals surface area contributed by atoms with Crippen molar-refractivity contribution in [1.82, 2.24) is 19.0 Å². The van der Waals surface area contributed by atoms with Crippen LogP contribution in [0, 0.1) is 11.8 Å². The molecule has 9 heteroatoms. The molecule has 3 heterocycles. The van der Waals surface area contributed by atoms with Crippen molar-refractivity contribution in [2.45, 2.75) is 30.6 Å². The van der Waals surface area contributed by atoms with Crippen molar-refractivity contribution < 1.29 is 18.0 Å². The number of rotatable bonds is 4. The second kappa shape index (κ2) is 9.89. The summed E-state index contributed by atoms with van der Waals surface area (Å²) < 4.78 is 27.4. The molecule has 0 radical (unpaired) electrons. The number of piperazine rings is 1. The molecule has 1 aromatic rings. The van der Waals surface area contributed by atoms with Crippen molar-refractivity contribution in [2.24, 2.45) is 11.8 Å². The number of carbonyl (C=O) groups excluding carboxylic acids is 2. The minimum atomic E-state index is -3.59. The van der Waals surface area contributed by atoms with Gasteiger partial charge in [0.2, 0.25) is 21.8 Å². The lowest BCUT2D eigenvalue weighted by Gasteiger charge is -2.39. The lowest BCUT2D eigenvalue weighted by atomic mass is 9.92. The van der Waals surface area contributed by atoms with E-state index in [9.17, 15) is 18.0 Å². The largest absolute Gasteiger partial charge is 0.342 e. The van der Waals surface area contributed by atoms with E-state index >= 15 is 0 Å². The summed E-state index contributed by atoms with van der Waals surface area (Å²) in [4.78, 5) is 32.4. The van der Waals surface area contributed by atoms with Gasteiger partial charge in [0.1, 0.15) is 0 Å². The van der Waals surface area contributed by atoms with Crippen LogP contribution in [0.2, 0.25) is 0 Å². The van der Waals surface area contributed by atoms with Crippen LogP contribution in [0.5, 0.6) is 0 Å². The van der Waals surface area contributed by atoms with Crippen LogP contribution >= 0.6 is 0 Å². The number of hydrogen-bond acceptors (Lipinski definition) is 5. The van der Waals surface area contributed by atoms with Gasteiger partial charge in [0, 0.05) is 58.3 Å². The molecule has 0 aliphatic carbocycles. The number of likely N-dealkylation sites (tertiary alicyclic amines) is 1. The Balaban J connectivity index is 1.32. The topological polar surface area (TPSA) is 81.2 Å². The van der Waals surface area contributed by atoms with Crippen LogP contribution < -0.4 is 0 Å². The number of carbonyl (C=O) groups is 2. The molecular weight excluding hydrogens is 428 g/mol. The van der Waals surface area contributed by atoms with Gasteiger partial charge < -0.3 is 14.7 Å². The number of nitrogens with zero attached hydrogens (tertiary/aromatic N) is 4. The zero-order valence-corrected chi connectivity index (χ0v) is 19.7. The standard InChI is InChI=1S/C23H34N4O4S/c1-24-14-16-26(17-15-24)22(28)19-9-12-25(13-10-19)23(29)20-6-5-11-27(18-20)32(30,31)21-7-3-2-4-8-21/h2-4,7-8,19-20H,5-6,9-18H2,1H3. The summed E-state index contributed by atoms with van der Waals surface area (Å²) in [6, 6.07) is 8.42. The zero-order chi connectivity index (χ0) is 22.7. The first kappa shape index (κ1) is 23.2. The van der Waals surface area contributed by atoms with Crippen LogP contribution in [0.1, 0.15) is 25.7 Å². The summed E-state index contributed by atoms with van der Waals surface area (Å²) >= 11 is 0. The van der Waals surface area contributed by atoms with E-state index in [0.717, 1.165) is 26.2 Å². The van der Waals surface area contributed by atoms with Crippen LogP contribution in [-0.2, 0) is 19.6 Å². The van der Waals surface area contributed by atoms with Gasteiger partial charge in [0.05, 0.1) is 10.8 Å². The third kappa shape index (κ3) is 5.00. The maximum atomic E-state index is 13.2. The molecule has 3 aliphatic rings. The zero-order valence-electron chi connectivity index (χ0n) is 18.9. The Labute approximate surface area is 191 Å². The monoisotopic (exact) mass is 462 g/mol. The van der Waals surface area contributed by atoms with E-state index in [4.69, 9.17) is 0 Å². The van der Waals surface area contributed by atoms with Gasteiger partial charge in [0.15, 0.2) is 0 Å². The first-order valence-electron chi connectivity index (χ1n) is 11.7. The molecule has 3 aliphatic heterocycles. The molecule has 0 bridgehead atoms. The van der Waals surface area contributed by atoms with Crippen molar-refractivity contribution >= 4 is 21.8 Å². The molecule has 176 valence electrons. The molecule has 4 rings (SSSR count). The van der Waals surface area contributed by atoms with Crippen LogP contribution in [-0.4, -0.2) is 98.6 Å². The van der Waals surface area contributed by atoms with Gasteiger partial charge in [-0.2, -0.15) is 4.31 Å². The normalized spacial score (nSPS) is 24.5. The highest BCUT2D eigenvalue weighted by Crippen LogP contribution is 2.27. The van der Waals surface area contributed by atoms with Gasteiger partial charge in [-0.15, -0.1) is 0 Å². The predicted octanol–water partition coefficient (Wildman–Crippen LogP) is 1.10. The van der Waals surface area contributed by atoms with Crippen LogP contribution in [0.15, 0.2) is 35.2 Å². The maximum absolute atomic E-state index is 13.2. The van der Waals surface area contributed by atoms with Gasteiger partial charge in [0.25, 0.3) is 0 Å². The highest BCUT2D eigenvalue weighted by Gasteiger charge is 2.37. The molecule has 3 saturated heterocycles.